The molecule has 0 aliphatic heterocycles. The number of anilines is 1. The number of amides is 1. The third-order valence-corrected chi connectivity index (χ3v) is 4.05. The summed E-state index contributed by atoms with van der Waals surface area (Å²) in [5.41, 5.74) is 2.20. The third-order valence-electron chi connectivity index (χ3n) is 4.05. The molecule has 0 fully saturated rings. The van der Waals surface area contributed by atoms with Gasteiger partial charge in [0.2, 0.25) is 0 Å². The Morgan fingerprint density at radius 3 is 2.74 bits per heavy atom. The van der Waals surface area contributed by atoms with Crippen molar-refractivity contribution in [1.82, 2.24) is 19.4 Å². The Morgan fingerprint density at radius 1 is 1.30 bits per heavy atom. The lowest BCUT2D eigenvalue weighted by molar-refractivity contribution is 0.0711. The number of fused-ring (bicyclic) bond motifs is 1. The zero-order valence-corrected chi connectivity index (χ0v) is 15.9. The first-order valence-corrected chi connectivity index (χ1v) is 8.63. The SMILES string of the molecule is COc1cc2nc(CCC(C)(C)O)cn2cc1NC(=O)c1cncc(C)n1. The maximum atomic E-state index is 12.5. The first kappa shape index (κ1) is 18.8. The van der Waals surface area contributed by atoms with E-state index in [9.17, 15) is 9.90 Å². The Kier molecular flexibility index (Phi) is 5.09. The van der Waals surface area contributed by atoms with Crippen LogP contribution in [0.3, 0.4) is 0 Å². The molecule has 0 bridgehead atoms. The van der Waals surface area contributed by atoms with Gasteiger partial charge in [0.05, 0.1) is 30.3 Å². The fraction of sp³-hybridized carbons (Fsp3) is 0.368. The molecule has 8 heteroatoms. The van der Waals surface area contributed by atoms with Crippen molar-refractivity contribution in [3.05, 3.63) is 47.9 Å². The van der Waals surface area contributed by atoms with Crippen LogP contribution >= 0.6 is 0 Å². The van der Waals surface area contributed by atoms with Crippen molar-refractivity contribution >= 4 is 17.2 Å². The number of nitrogens with zero attached hydrogens (tertiary/aromatic N) is 4. The highest BCUT2D eigenvalue weighted by molar-refractivity contribution is 6.03. The lowest BCUT2D eigenvalue weighted by Gasteiger charge is -2.15. The van der Waals surface area contributed by atoms with Crippen molar-refractivity contribution in [3.8, 4) is 5.75 Å². The topological polar surface area (TPSA) is 102 Å². The van der Waals surface area contributed by atoms with Crippen LogP contribution in [-0.4, -0.2) is 43.1 Å². The van der Waals surface area contributed by atoms with Crippen molar-refractivity contribution in [2.75, 3.05) is 12.4 Å². The van der Waals surface area contributed by atoms with E-state index in [0.29, 0.717) is 35.6 Å². The van der Waals surface area contributed by atoms with Crippen molar-refractivity contribution in [1.29, 1.82) is 0 Å². The summed E-state index contributed by atoms with van der Waals surface area (Å²) in [6.45, 7) is 5.32. The molecule has 0 saturated heterocycles. The van der Waals surface area contributed by atoms with Gasteiger partial charge in [0.1, 0.15) is 22.8 Å². The molecule has 0 aromatic carbocycles. The van der Waals surface area contributed by atoms with E-state index in [-0.39, 0.29) is 11.6 Å². The van der Waals surface area contributed by atoms with Gasteiger partial charge in [0, 0.05) is 24.7 Å². The van der Waals surface area contributed by atoms with Gasteiger partial charge in [-0.05, 0) is 33.6 Å². The third kappa shape index (κ3) is 4.59. The number of methoxy groups -OCH3 is 1. The monoisotopic (exact) mass is 369 g/mol. The first-order valence-electron chi connectivity index (χ1n) is 8.63. The number of aryl methyl sites for hydroxylation is 2. The predicted octanol–water partition coefficient (Wildman–Crippen LogP) is 2.40. The number of aliphatic hydroxyl groups is 1. The number of ether oxygens (including phenoxy) is 1. The van der Waals surface area contributed by atoms with Gasteiger partial charge in [0.25, 0.3) is 5.91 Å². The minimum atomic E-state index is -0.749. The van der Waals surface area contributed by atoms with Gasteiger partial charge in [-0.3, -0.25) is 9.78 Å². The Bertz CT molecular complexity index is 975. The second-order valence-corrected chi connectivity index (χ2v) is 7.07. The average Bonchev–Trinajstić information content (AvgIpc) is 3.00. The van der Waals surface area contributed by atoms with Crippen LogP contribution in [0, 0.1) is 6.92 Å². The van der Waals surface area contributed by atoms with Crippen LogP contribution in [0.25, 0.3) is 5.65 Å². The van der Waals surface area contributed by atoms with Crippen molar-refractivity contribution < 1.29 is 14.6 Å². The summed E-state index contributed by atoms with van der Waals surface area (Å²) in [7, 11) is 1.53. The number of hydrogen-bond acceptors (Lipinski definition) is 6. The first-order chi connectivity index (χ1) is 12.7. The summed E-state index contributed by atoms with van der Waals surface area (Å²) in [4.78, 5) is 25.2. The van der Waals surface area contributed by atoms with Crippen LogP contribution in [0.5, 0.6) is 5.75 Å². The highest BCUT2D eigenvalue weighted by Crippen LogP contribution is 2.27. The van der Waals surface area contributed by atoms with E-state index in [2.05, 4.69) is 20.3 Å². The Hall–Kier alpha value is -3.00. The van der Waals surface area contributed by atoms with Crippen LogP contribution in [0.15, 0.2) is 30.9 Å². The molecule has 3 aromatic heterocycles. The molecular weight excluding hydrogens is 346 g/mol. The summed E-state index contributed by atoms with van der Waals surface area (Å²) in [5, 5.41) is 12.7. The van der Waals surface area contributed by atoms with Crippen LogP contribution in [0.1, 0.15) is 42.1 Å². The summed E-state index contributed by atoms with van der Waals surface area (Å²) < 4.78 is 7.21. The van der Waals surface area contributed by atoms with E-state index in [1.165, 1.54) is 13.3 Å². The highest BCUT2D eigenvalue weighted by Gasteiger charge is 2.16. The molecule has 3 heterocycles. The van der Waals surface area contributed by atoms with Crippen LogP contribution in [-0.2, 0) is 6.42 Å². The molecule has 0 radical (unpaired) electrons. The van der Waals surface area contributed by atoms with Gasteiger partial charge < -0.3 is 19.6 Å². The fourth-order valence-corrected chi connectivity index (χ4v) is 2.64. The molecule has 0 saturated carbocycles. The number of rotatable bonds is 6. The predicted molar refractivity (Wildman–Crippen MR) is 101 cm³/mol. The van der Waals surface area contributed by atoms with E-state index in [0.717, 1.165) is 5.69 Å². The number of carbonyl (C=O) groups excluding carboxylic acids is 1. The molecule has 3 aromatic rings. The minimum Gasteiger partial charge on any atom is -0.494 e. The zero-order chi connectivity index (χ0) is 19.6. The van der Waals surface area contributed by atoms with E-state index < -0.39 is 5.60 Å². The van der Waals surface area contributed by atoms with Crippen LogP contribution < -0.4 is 10.1 Å². The summed E-state index contributed by atoms with van der Waals surface area (Å²) >= 11 is 0. The number of hydrogen-bond donors (Lipinski definition) is 2. The Morgan fingerprint density at radius 2 is 2.07 bits per heavy atom. The van der Waals surface area contributed by atoms with Gasteiger partial charge in [-0.1, -0.05) is 0 Å². The quantitative estimate of drug-likeness (QED) is 0.692. The molecule has 3 rings (SSSR count). The molecule has 142 valence electrons. The van der Waals surface area contributed by atoms with Gasteiger partial charge in [-0.25, -0.2) is 9.97 Å². The number of nitrogens with one attached hydrogen (secondary N) is 1. The summed E-state index contributed by atoms with van der Waals surface area (Å²) in [5.74, 6) is 0.127. The molecule has 1 amide bonds. The zero-order valence-electron chi connectivity index (χ0n) is 15.9. The van der Waals surface area contributed by atoms with Gasteiger partial charge in [-0.2, -0.15) is 0 Å². The minimum absolute atomic E-state index is 0.230. The lowest BCUT2D eigenvalue weighted by atomic mass is 10.0. The molecule has 0 unspecified atom stereocenters. The number of pyridine rings is 1. The van der Waals surface area contributed by atoms with E-state index in [1.807, 2.05) is 10.6 Å². The molecular formula is C19H23N5O3. The van der Waals surface area contributed by atoms with Crippen molar-refractivity contribution in [3.63, 3.8) is 0 Å². The second-order valence-electron chi connectivity index (χ2n) is 7.07. The largest absolute Gasteiger partial charge is 0.494 e. The number of carbonyl (C=O) groups is 1. The highest BCUT2D eigenvalue weighted by atomic mass is 16.5. The summed E-state index contributed by atoms with van der Waals surface area (Å²) in [6, 6.07) is 1.76. The van der Waals surface area contributed by atoms with E-state index in [1.54, 1.807) is 39.2 Å². The number of aromatic nitrogens is 4. The van der Waals surface area contributed by atoms with Gasteiger partial charge >= 0.3 is 0 Å². The van der Waals surface area contributed by atoms with Gasteiger partial charge in [0.15, 0.2) is 0 Å². The fourth-order valence-electron chi connectivity index (χ4n) is 2.64. The van der Waals surface area contributed by atoms with E-state index >= 15 is 0 Å². The molecule has 0 spiro atoms. The standard InChI is InChI=1S/C19H23N5O3/c1-12-8-20-9-14(21-12)18(25)23-15-11-24-10-13(5-6-19(2,3)26)22-17(24)7-16(15)27-4/h7-11,26H,5-6H2,1-4H3,(H,23,25). The normalized spacial score (nSPS) is 11.6. The molecule has 0 atom stereocenters. The maximum absolute atomic E-state index is 12.5. The molecule has 0 aliphatic carbocycles. The molecule has 2 N–H and O–H groups in total. The number of imidazole rings is 1. The molecule has 8 nitrogen and oxygen atoms in total. The summed E-state index contributed by atoms with van der Waals surface area (Å²) in [6.07, 6.45) is 7.87. The molecule has 0 aliphatic rings. The second kappa shape index (κ2) is 7.32. The van der Waals surface area contributed by atoms with E-state index in [4.69, 9.17) is 4.74 Å². The maximum Gasteiger partial charge on any atom is 0.276 e. The Labute approximate surface area is 157 Å². The smallest absolute Gasteiger partial charge is 0.276 e. The average molecular weight is 369 g/mol. The van der Waals surface area contributed by atoms with Crippen molar-refractivity contribution in [2.24, 2.45) is 0 Å². The molecule has 27 heavy (non-hydrogen) atoms. The van der Waals surface area contributed by atoms with Crippen LogP contribution in [0.2, 0.25) is 0 Å². The van der Waals surface area contributed by atoms with Crippen LogP contribution in [0.4, 0.5) is 5.69 Å². The Balaban J connectivity index is 1.87. The van der Waals surface area contributed by atoms with Gasteiger partial charge in [-0.15, -0.1) is 0 Å². The van der Waals surface area contributed by atoms with Crippen molar-refractivity contribution in [2.45, 2.75) is 39.2 Å². The lowest BCUT2D eigenvalue weighted by Crippen LogP contribution is -2.19.